The lowest BCUT2D eigenvalue weighted by molar-refractivity contribution is 0.238. The number of ether oxygens (including phenoxy) is 1. The van der Waals surface area contributed by atoms with Gasteiger partial charge in [-0.15, -0.1) is 0 Å². The van der Waals surface area contributed by atoms with Crippen LogP contribution in [0.1, 0.15) is 24.0 Å². The van der Waals surface area contributed by atoms with E-state index in [4.69, 9.17) is 32.4 Å². The second-order valence-corrected chi connectivity index (χ2v) is 10.8. The summed E-state index contributed by atoms with van der Waals surface area (Å²) < 4.78 is 12.1. The molecule has 0 spiro atoms. The Bertz CT molecular complexity index is 1460. The molecule has 0 atom stereocenters. The van der Waals surface area contributed by atoms with E-state index in [0.717, 1.165) is 41.9 Å². The van der Waals surface area contributed by atoms with Crippen molar-refractivity contribution in [2.45, 2.75) is 19.3 Å². The van der Waals surface area contributed by atoms with E-state index in [1.54, 1.807) is 30.3 Å². The number of likely N-dealkylation sites (tertiary alicyclic amines) is 1. The maximum Gasteiger partial charge on any atom is 0.344 e. The quantitative estimate of drug-likeness (QED) is 0.173. The number of fused-ring (bicyclic) bond motifs is 1. The number of hydrogen-bond acceptors (Lipinski definition) is 5. The van der Waals surface area contributed by atoms with E-state index in [-0.39, 0.29) is 5.75 Å². The lowest BCUT2D eigenvalue weighted by Crippen LogP contribution is -2.25. The molecule has 4 aromatic rings. The van der Waals surface area contributed by atoms with E-state index in [0.29, 0.717) is 43.4 Å². The second-order valence-electron chi connectivity index (χ2n) is 8.86. The van der Waals surface area contributed by atoms with E-state index < -0.39 is 5.63 Å². The summed E-state index contributed by atoms with van der Waals surface area (Å²) in [6.07, 6.45) is 3.00. The van der Waals surface area contributed by atoms with Crippen molar-refractivity contribution in [1.29, 1.82) is 0 Å². The first-order chi connectivity index (χ1) is 17.4. The molecule has 36 heavy (non-hydrogen) atoms. The van der Waals surface area contributed by atoms with Gasteiger partial charge in [0.05, 0.1) is 14.2 Å². The molecule has 0 bridgehead atoms. The lowest BCUT2D eigenvalue weighted by Gasteiger charge is -2.16. The van der Waals surface area contributed by atoms with Gasteiger partial charge >= 0.3 is 5.63 Å². The molecule has 2 heterocycles. The summed E-state index contributed by atoms with van der Waals surface area (Å²) in [7, 11) is 0. The summed E-state index contributed by atoms with van der Waals surface area (Å²) in [4.78, 5) is 15.7. The number of halogens is 3. The van der Waals surface area contributed by atoms with Crippen molar-refractivity contribution < 1.29 is 14.3 Å². The molecule has 0 radical (unpaired) electrons. The summed E-state index contributed by atoms with van der Waals surface area (Å²) >= 11 is 14.6. The molecule has 0 unspecified atom stereocenters. The van der Waals surface area contributed by atoms with Gasteiger partial charge in [-0.1, -0.05) is 41.4 Å². The van der Waals surface area contributed by atoms with Crippen molar-refractivity contribution in [3.8, 4) is 22.6 Å². The summed E-state index contributed by atoms with van der Waals surface area (Å²) in [5, 5.41) is 11.8. The summed E-state index contributed by atoms with van der Waals surface area (Å²) in [5.41, 5.74) is 2.54. The van der Waals surface area contributed by atoms with Gasteiger partial charge in [-0.3, -0.25) is 4.90 Å². The van der Waals surface area contributed by atoms with Crippen molar-refractivity contribution in [3.05, 3.63) is 89.8 Å². The zero-order valence-corrected chi connectivity index (χ0v) is 23.1. The molecular formula is C28H24Cl2INO4. The van der Waals surface area contributed by atoms with Crippen LogP contribution < -0.4 is 10.4 Å². The van der Waals surface area contributed by atoms with Crippen LogP contribution in [0.15, 0.2) is 63.8 Å². The van der Waals surface area contributed by atoms with Crippen LogP contribution >= 0.6 is 45.8 Å². The molecule has 3 aromatic carbocycles. The van der Waals surface area contributed by atoms with Crippen LogP contribution in [0.5, 0.6) is 11.5 Å². The maximum atomic E-state index is 13.3. The van der Waals surface area contributed by atoms with Crippen LogP contribution in [0.3, 0.4) is 0 Å². The first-order valence-electron chi connectivity index (χ1n) is 11.8. The fraction of sp³-hybridized carbons (Fsp3) is 0.250. The van der Waals surface area contributed by atoms with Gasteiger partial charge in [-0.2, -0.15) is 0 Å². The van der Waals surface area contributed by atoms with Crippen LogP contribution in [-0.2, 0) is 6.42 Å². The molecular weight excluding hydrogens is 612 g/mol. The number of hydrogen-bond donors (Lipinski definition) is 1. The Morgan fingerprint density at radius 2 is 1.78 bits per heavy atom. The molecule has 1 fully saturated rings. The number of nitrogens with zero attached hydrogens (tertiary/aromatic N) is 1. The third kappa shape index (κ3) is 5.37. The third-order valence-electron chi connectivity index (χ3n) is 6.48. The molecule has 1 saturated heterocycles. The highest BCUT2D eigenvalue weighted by molar-refractivity contribution is 14.1. The number of phenolic OH excluding ortho intramolecular Hbond substituents is 1. The van der Waals surface area contributed by atoms with E-state index in [2.05, 4.69) is 4.90 Å². The molecule has 0 aliphatic carbocycles. The van der Waals surface area contributed by atoms with Crippen molar-refractivity contribution in [1.82, 2.24) is 4.90 Å². The van der Waals surface area contributed by atoms with E-state index in [1.807, 2.05) is 46.9 Å². The van der Waals surface area contributed by atoms with Gasteiger partial charge in [0.1, 0.15) is 18.1 Å². The van der Waals surface area contributed by atoms with Crippen molar-refractivity contribution >= 4 is 56.8 Å². The standard InChI is InChI=1S/C28H24Cl2INO4/c29-18-5-8-21(23(30)16-18)25-22(20-9-10-24(33)26(31)27(20)36-28(25)34)15-17-3-6-19(7-4-17)35-14-13-32-11-1-2-12-32/h3-10,16,33H,1-2,11-15H2. The molecule has 0 saturated carbocycles. The van der Waals surface area contributed by atoms with Crippen LogP contribution in [-0.4, -0.2) is 36.2 Å². The Balaban J connectivity index is 1.50. The Kier molecular flexibility index (Phi) is 7.76. The predicted octanol–water partition coefficient (Wildman–Crippen LogP) is 7.14. The Labute approximate surface area is 232 Å². The summed E-state index contributed by atoms with van der Waals surface area (Å²) in [6.45, 7) is 3.89. The Morgan fingerprint density at radius 1 is 1.03 bits per heavy atom. The molecule has 1 aliphatic rings. The largest absolute Gasteiger partial charge is 0.507 e. The van der Waals surface area contributed by atoms with Crippen LogP contribution in [0.4, 0.5) is 0 Å². The number of benzene rings is 3. The average molecular weight is 636 g/mol. The second kappa shape index (κ2) is 11.0. The zero-order valence-electron chi connectivity index (χ0n) is 19.4. The predicted molar refractivity (Wildman–Crippen MR) is 153 cm³/mol. The molecule has 1 N–H and O–H groups in total. The SMILES string of the molecule is O=c1oc2c(I)c(O)ccc2c(Cc2ccc(OCCN3CCCC3)cc2)c1-c1ccc(Cl)cc1Cl. The Hall–Kier alpha value is -2.26. The topological polar surface area (TPSA) is 62.9 Å². The third-order valence-corrected chi connectivity index (χ3v) is 8.07. The molecule has 5 rings (SSSR count). The normalized spacial score (nSPS) is 14.0. The first kappa shape index (κ1) is 25.4. The molecule has 1 aliphatic heterocycles. The van der Waals surface area contributed by atoms with Crippen molar-refractivity contribution in [3.63, 3.8) is 0 Å². The highest BCUT2D eigenvalue weighted by Crippen LogP contribution is 2.37. The number of phenols is 1. The van der Waals surface area contributed by atoms with Crippen molar-refractivity contribution in [2.24, 2.45) is 0 Å². The minimum absolute atomic E-state index is 0.0601. The van der Waals surface area contributed by atoms with Gasteiger partial charge in [0.2, 0.25) is 0 Å². The highest BCUT2D eigenvalue weighted by atomic mass is 127. The fourth-order valence-electron chi connectivity index (χ4n) is 4.64. The number of aromatic hydroxyl groups is 1. The minimum atomic E-state index is -0.521. The van der Waals surface area contributed by atoms with Crippen LogP contribution in [0.2, 0.25) is 10.0 Å². The van der Waals surface area contributed by atoms with E-state index in [9.17, 15) is 9.90 Å². The highest BCUT2D eigenvalue weighted by Gasteiger charge is 2.21. The average Bonchev–Trinajstić information content (AvgIpc) is 3.37. The van der Waals surface area contributed by atoms with Gasteiger partial charge in [0, 0.05) is 22.5 Å². The Morgan fingerprint density at radius 3 is 2.50 bits per heavy atom. The van der Waals surface area contributed by atoms with Gasteiger partial charge in [-0.25, -0.2) is 4.79 Å². The van der Waals surface area contributed by atoms with Gasteiger partial charge in [-0.05, 0) is 102 Å². The zero-order chi connectivity index (χ0) is 25.2. The first-order valence-corrected chi connectivity index (χ1v) is 13.6. The molecule has 186 valence electrons. The summed E-state index contributed by atoms with van der Waals surface area (Å²) in [5.74, 6) is 0.876. The molecule has 5 nitrogen and oxygen atoms in total. The maximum absolute atomic E-state index is 13.3. The van der Waals surface area contributed by atoms with Crippen LogP contribution in [0.25, 0.3) is 22.1 Å². The molecule has 0 amide bonds. The minimum Gasteiger partial charge on any atom is -0.507 e. The fourth-order valence-corrected chi connectivity index (χ4v) is 5.72. The van der Waals surface area contributed by atoms with Gasteiger partial charge < -0.3 is 14.3 Å². The number of rotatable bonds is 7. The lowest BCUT2D eigenvalue weighted by atomic mass is 9.93. The van der Waals surface area contributed by atoms with Crippen LogP contribution in [0, 0.1) is 3.57 Å². The van der Waals surface area contributed by atoms with Gasteiger partial charge in [0.25, 0.3) is 0 Å². The van der Waals surface area contributed by atoms with Gasteiger partial charge in [0.15, 0.2) is 5.58 Å². The smallest absolute Gasteiger partial charge is 0.344 e. The van der Waals surface area contributed by atoms with Crippen molar-refractivity contribution in [2.75, 3.05) is 26.2 Å². The monoisotopic (exact) mass is 635 g/mol. The molecule has 1 aromatic heterocycles. The summed E-state index contributed by atoms with van der Waals surface area (Å²) in [6, 6.07) is 16.3. The van der Waals surface area contributed by atoms with E-state index in [1.165, 1.54) is 12.8 Å². The van der Waals surface area contributed by atoms with E-state index >= 15 is 0 Å². The molecule has 8 heteroatoms.